The number of carbonyl (C=O) groups is 1. The highest BCUT2D eigenvalue weighted by Crippen LogP contribution is 2.29. The van der Waals surface area contributed by atoms with Crippen LogP contribution in [-0.2, 0) is 11.3 Å². The second-order valence-corrected chi connectivity index (χ2v) is 5.90. The van der Waals surface area contributed by atoms with Crippen LogP contribution in [0.15, 0.2) is 45.0 Å². The largest absolute Gasteiger partial charge is 0.497 e. The minimum absolute atomic E-state index is 0.240. The minimum Gasteiger partial charge on any atom is -0.497 e. The molecule has 3 aromatic rings. The van der Waals surface area contributed by atoms with E-state index in [9.17, 15) is 9.59 Å². The van der Waals surface area contributed by atoms with Crippen molar-refractivity contribution in [3.63, 3.8) is 0 Å². The fourth-order valence-electron chi connectivity index (χ4n) is 2.24. The van der Waals surface area contributed by atoms with Gasteiger partial charge in [-0.15, -0.1) is 11.3 Å². The van der Waals surface area contributed by atoms with Crippen molar-refractivity contribution in [1.82, 2.24) is 9.72 Å². The monoisotopic (exact) mass is 361 g/mol. The Balaban J connectivity index is 1.83. The molecule has 0 atom stereocenters. The maximum Gasteiger partial charge on any atom is 0.442 e. The Kier molecular flexibility index (Phi) is 4.85. The number of methoxy groups -OCH3 is 2. The molecule has 0 aliphatic carbocycles. The van der Waals surface area contributed by atoms with Crippen molar-refractivity contribution in [2.24, 2.45) is 0 Å². The molecular weight excluding hydrogens is 346 g/mol. The lowest BCUT2D eigenvalue weighted by atomic mass is 10.2. The molecule has 2 aromatic heterocycles. The molecule has 0 saturated carbocycles. The molecule has 0 radical (unpaired) electrons. The van der Waals surface area contributed by atoms with Crippen molar-refractivity contribution >= 4 is 22.9 Å². The van der Waals surface area contributed by atoms with Gasteiger partial charge in [0.05, 0.1) is 24.8 Å². The molecular formula is C16H15N3O5S. The number of rotatable bonds is 6. The number of benzene rings is 1. The van der Waals surface area contributed by atoms with Crippen molar-refractivity contribution in [3.8, 4) is 22.2 Å². The van der Waals surface area contributed by atoms with E-state index in [0.29, 0.717) is 23.0 Å². The van der Waals surface area contributed by atoms with Crippen LogP contribution in [0.3, 0.4) is 0 Å². The molecule has 1 aromatic carbocycles. The molecule has 3 rings (SSSR count). The summed E-state index contributed by atoms with van der Waals surface area (Å²) in [5.41, 5.74) is 0.439. The summed E-state index contributed by atoms with van der Waals surface area (Å²) < 4.78 is 16.2. The van der Waals surface area contributed by atoms with Gasteiger partial charge in [-0.2, -0.15) is 0 Å². The summed E-state index contributed by atoms with van der Waals surface area (Å²) in [6, 6.07) is 8.64. The van der Waals surface area contributed by atoms with Crippen molar-refractivity contribution in [3.05, 3.63) is 46.3 Å². The van der Waals surface area contributed by atoms with Crippen molar-refractivity contribution in [1.29, 1.82) is 0 Å². The van der Waals surface area contributed by atoms with Gasteiger partial charge in [-0.25, -0.2) is 9.36 Å². The van der Waals surface area contributed by atoms with Gasteiger partial charge in [-0.3, -0.25) is 9.32 Å². The average Bonchev–Trinajstić information content (AvgIpc) is 3.25. The third-order valence-electron chi connectivity index (χ3n) is 3.41. The standard InChI is InChI=1S/C16H15N3O5S/c1-22-10-5-6-12(23-2)11(8-10)17-14(20)9-19-15(18-24-16(19)21)13-4-3-7-25-13/h3-8H,9H2,1-2H3,(H,17,20). The van der Waals surface area contributed by atoms with Crippen LogP contribution >= 0.6 is 11.3 Å². The van der Waals surface area contributed by atoms with Gasteiger partial charge in [-0.1, -0.05) is 11.2 Å². The van der Waals surface area contributed by atoms with E-state index >= 15 is 0 Å². The van der Waals surface area contributed by atoms with Crippen LogP contribution in [0.25, 0.3) is 10.7 Å². The van der Waals surface area contributed by atoms with Crippen LogP contribution in [0.5, 0.6) is 11.5 Å². The third-order valence-corrected chi connectivity index (χ3v) is 4.28. The van der Waals surface area contributed by atoms with Crippen molar-refractivity contribution < 1.29 is 18.8 Å². The van der Waals surface area contributed by atoms with Crippen molar-refractivity contribution in [2.45, 2.75) is 6.54 Å². The Labute approximate surface area is 146 Å². The van der Waals surface area contributed by atoms with E-state index in [4.69, 9.17) is 14.0 Å². The molecule has 25 heavy (non-hydrogen) atoms. The average molecular weight is 361 g/mol. The number of thiophene rings is 1. The Hall–Kier alpha value is -3.07. The van der Waals surface area contributed by atoms with E-state index in [-0.39, 0.29) is 6.54 Å². The summed E-state index contributed by atoms with van der Waals surface area (Å²) >= 11 is 1.40. The van der Waals surface area contributed by atoms with Gasteiger partial charge in [0, 0.05) is 6.07 Å². The molecule has 0 fully saturated rings. The molecule has 8 nitrogen and oxygen atoms in total. The van der Waals surface area contributed by atoms with Gasteiger partial charge in [0.15, 0.2) is 5.82 Å². The van der Waals surface area contributed by atoms with E-state index in [1.54, 1.807) is 24.3 Å². The lowest BCUT2D eigenvalue weighted by Crippen LogP contribution is -2.25. The van der Waals surface area contributed by atoms with E-state index in [2.05, 4.69) is 10.5 Å². The highest BCUT2D eigenvalue weighted by Gasteiger charge is 2.17. The van der Waals surface area contributed by atoms with Gasteiger partial charge in [0.1, 0.15) is 18.0 Å². The molecule has 130 valence electrons. The Morgan fingerprint density at radius 1 is 1.32 bits per heavy atom. The predicted molar refractivity (Wildman–Crippen MR) is 92.3 cm³/mol. The number of nitrogens with zero attached hydrogens (tertiary/aromatic N) is 2. The molecule has 1 amide bonds. The lowest BCUT2D eigenvalue weighted by Gasteiger charge is -2.12. The first kappa shape index (κ1) is 16.8. The first-order valence-corrected chi connectivity index (χ1v) is 8.12. The molecule has 9 heteroatoms. The second-order valence-electron chi connectivity index (χ2n) is 4.95. The summed E-state index contributed by atoms with van der Waals surface area (Å²) in [6.45, 7) is -0.240. The molecule has 0 saturated heterocycles. The number of nitrogens with one attached hydrogen (secondary N) is 1. The number of hydrogen-bond acceptors (Lipinski definition) is 7. The quantitative estimate of drug-likeness (QED) is 0.723. The fourth-order valence-corrected chi connectivity index (χ4v) is 2.95. The number of aromatic nitrogens is 2. The highest BCUT2D eigenvalue weighted by atomic mass is 32.1. The zero-order valence-corrected chi connectivity index (χ0v) is 14.3. The second kappa shape index (κ2) is 7.22. The van der Waals surface area contributed by atoms with Gasteiger partial charge in [-0.05, 0) is 23.6 Å². The van der Waals surface area contributed by atoms with Crippen LogP contribution in [0.2, 0.25) is 0 Å². The molecule has 0 bridgehead atoms. The maximum atomic E-state index is 12.4. The number of anilines is 1. The Morgan fingerprint density at radius 3 is 2.84 bits per heavy atom. The number of ether oxygens (including phenoxy) is 2. The van der Waals surface area contributed by atoms with Crippen LogP contribution in [-0.4, -0.2) is 29.9 Å². The summed E-state index contributed by atoms with van der Waals surface area (Å²) in [6.07, 6.45) is 0. The topological polar surface area (TPSA) is 95.6 Å². The smallest absolute Gasteiger partial charge is 0.442 e. The number of hydrogen-bond donors (Lipinski definition) is 1. The van der Waals surface area contributed by atoms with Gasteiger partial charge in [0.2, 0.25) is 5.91 Å². The van der Waals surface area contributed by atoms with Crippen LogP contribution in [0, 0.1) is 0 Å². The van der Waals surface area contributed by atoms with E-state index in [0.717, 1.165) is 4.88 Å². The predicted octanol–water partition coefficient (Wildman–Crippen LogP) is 2.22. The first-order valence-electron chi connectivity index (χ1n) is 7.24. The SMILES string of the molecule is COc1ccc(OC)c(NC(=O)Cn2c(-c3cccs3)noc2=O)c1. The zero-order chi connectivity index (χ0) is 17.8. The molecule has 0 unspecified atom stereocenters. The van der Waals surface area contributed by atoms with Gasteiger partial charge < -0.3 is 14.8 Å². The molecule has 0 aliphatic heterocycles. The van der Waals surface area contributed by atoms with Crippen LogP contribution in [0.1, 0.15) is 0 Å². The normalized spacial score (nSPS) is 10.5. The fraction of sp³-hybridized carbons (Fsp3) is 0.188. The summed E-state index contributed by atoms with van der Waals surface area (Å²) in [7, 11) is 3.02. The minimum atomic E-state index is -0.698. The Bertz CT molecular complexity index is 930. The van der Waals surface area contributed by atoms with Gasteiger partial charge >= 0.3 is 5.76 Å². The summed E-state index contributed by atoms with van der Waals surface area (Å²) in [5, 5.41) is 8.29. The van der Waals surface area contributed by atoms with E-state index < -0.39 is 11.7 Å². The Morgan fingerprint density at radius 2 is 2.16 bits per heavy atom. The maximum absolute atomic E-state index is 12.4. The lowest BCUT2D eigenvalue weighted by molar-refractivity contribution is -0.116. The molecule has 0 aliphatic rings. The molecule has 0 spiro atoms. The van der Waals surface area contributed by atoms with Crippen LogP contribution in [0.4, 0.5) is 5.69 Å². The summed E-state index contributed by atoms with van der Waals surface area (Å²) in [5.74, 6) is 0.237. The third kappa shape index (κ3) is 3.56. The zero-order valence-electron chi connectivity index (χ0n) is 13.5. The van der Waals surface area contributed by atoms with E-state index in [1.807, 2.05) is 11.4 Å². The number of amides is 1. The highest BCUT2D eigenvalue weighted by molar-refractivity contribution is 7.13. The van der Waals surface area contributed by atoms with Gasteiger partial charge in [0.25, 0.3) is 0 Å². The first-order chi connectivity index (χ1) is 12.1. The molecule has 1 N–H and O–H groups in total. The van der Waals surface area contributed by atoms with Crippen molar-refractivity contribution in [2.75, 3.05) is 19.5 Å². The number of carbonyl (C=O) groups excluding carboxylic acids is 1. The molecule has 2 heterocycles. The van der Waals surface area contributed by atoms with E-state index in [1.165, 1.54) is 30.1 Å². The summed E-state index contributed by atoms with van der Waals surface area (Å²) in [4.78, 5) is 25.0. The van der Waals surface area contributed by atoms with Crippen LogP contribution < -0.4 is 20.5 Å².